The highest BCUT2D eigenvalue weighted by Crippen LogP contribution is 2.19. The van der Waals surface area contributed by atoms with Crippen LogP contribution in [0.1, 0.15) is 39.3 Å². The number of nitrogens with one attached hydrogen (secondary N) is 1. The van der Waals surface area contributed by atoms with E-state index in [0.717, 1.165) is 18.4 Å². The molecule has 1 heterocycles. The number of aromatic nitrogens is 2. The molecule has 0 atom stereocenters. The number of anilines is 1. The average Bonchev–Trinajstić information content (AvgIpc) is 3.39. The van der Waals surface area contributed by atoms with E-state index in [1.54, 1.807) is 19.2 Å². The van der Waals surface area contributed by atoms with Crippen molar-refractivity contribution in [1.82, 2.24) is 20.2 Å². The van der Waals surface area contributed by atoms with Gasteiger partial charge in [-0.25, -0.2) is 9.97 Å². The molecule has 24 heavy (non-hydrogen) atoms. The molecule has 7 nitrogen and oxygen atoms in total. The van der Waals surface area contributed by atoms with E-state index in [4.69, 9.17) is 5.73 Å². The summed E-state index contributed by atoms with van der Waals surface area (Å²) in [4.78, 5) is 33.7. The normalized spacial score (nSPS) is 13.4. The Balaban J connectivity index is 1.63. The number of nitrogen functional groups attached to an aromatic ring is 1. The zero-order chi connectivity index (χ0) is 17.1. The molecule has 0 radical (unpaired) electrons. The van der Waals surface area contributed by atoms with Gasteiger partial charge in [-0.3, -0.25) is 9.59 Å². The highest BCUT2D eigenvalue weighted by Gasteiger charge is 2.23. The summed E-state index contributed by atoms with van der Waals surface area (Å²) in [6.07, 6.45) is 4.99. The number of nitrogens with two attached hydrogens (primary N) is 1. The van der Waals surface area contributed by atoms with E-state index in [2.05, 4.69) is 15.3 Å². The summed E-state index contributed by atoms with van der Waals surface area (Å²) in [5, 5.41) is 2.94. The predicted octanol–water partition coefficient (Wildman–Crippen LogP) is 1.22. The van der Waals surface area contributed by atoms with Crippen LogP contribution in [0.25, 0.3) is 0 Å². The lowest BCUT2D eigenvalue weighted by atomic mass is 10.1. The van der Waals surface area contributed by atoms with Crippen molar-refractivity contribution in [2.75, 3.05) is 12.8 Å². The molecule has 0 spiro atoms. The Kier molecular flexibility index (Phi) is 4.41. The van der Waals surface area contributed by atoms with Crippen molar-refractivity contribution < 1.29 is 9.59 Å². The Bertz CT molecular complexity index is 756. The molecule has 1 saturated carbocycles. The van der Waals surface area contributed by atoms with E-state index >= 15 is 0 Å². The number of carbonyl (C=O) groups excluding carboxylic acids is 2. The van der Waals surface area contributed by atoms with Crippen molar-refractivity contribution in [1.29, 1.82) is 0 Å². The van der Waals surface area contributed by atoms with Crippen LogP contribution in [-0.4, -0.2) is 39.8 Å². The van der Waals surface area contributed by atoms with E-state index in [0.29, 0.717) is 18.2 Å². The zero-order valence-corrected chi connectivity index (χ0v) is 13.4. The van der Waals surface area contributed by atoms with Crippen LogP contribution in [0.4, 0.5) is 5.82 Å². The van der Waals surface area contributed by atoms with Crippen molar-refractivity contribution >= 4 is 17.6 Å². The Morgan fingerprint density at radius 1 is 1.21 bits per heavy atom. The number of benzene rings is 1. The Morgan fingerprint density at radius 3 is 2.50 bits per heavy atom. The van der Waals surface area contributed by atoms with E-state index in [1.165, 1.54) is 17.3 Å². The van der Waals surface area contributed by atoms with E-state index in [9.17, 15) is 9.59 Å². The summed E-state index contributed by atoms with van der Waals surface area (Å²) in [6.45, 7) is 0.388. The van der Waals surface area contributed by atoms with Gasteiger partial charge in [0.1, 0.15) is 0 Å². The maximum Gasteiger partial charge on any atom is 0.276 e. The topological polar surface area (TPSA) is 101 Å². The fourth-order valence-electron chi connectivity index (χ4n) is 2.30. The van der Waals surface area contributed by atoms with Gasteiger partial charge in [-0.2, -0.15) is 0 Å². The predicted molar refractivity (Wildman–Crippen MR) is 89.2 cm³/mol. The zero-order valence-electron chi connectivity index (χ0n) is 13.4. The van der Waals surface area contributed by atoms with Gasteiger partial charge >= 0.3 is 0 Å². The van der Waals surface area contributed by atoms with Gasteiger partial charge in [0.05, 0.1) is 0 Å². The van der Waals surface area contributed by atoms with Crippen LogP contribution in [-0.2, 0) is 6.54 Å². The van der Waals surface area contributed by atoms with Crippen LogP contribution < -0.4 is 11.1 Å². The quantitative estimate of drug-likeness (QED) is 0.861. The van der Waals surface area contributed by atoms with Gasteiger partial charge in [0, 0.05) is 37.6 Å². The van der Waals surface area contributed by atoms with Gasteiger partial charge < -0.3 is 16.0 Å². The maximum atomic E-state index is 12.4. The first kappa shape index (κ1) is 15.9. The van der Waals surface area contributed by atoms with E-state index in [1.807, 2.05) is 12.1 Å². The first-order valence-electron chi connectivity index (χ1n) is 7.76. The van der Waals surface area contributed by atoms with Crippen molar-refractivity contribution in [2.45, 2.75) is 25.4 Å². The first-order valence-corrected chi connectivity index (χ1v) is 7.76. The molecule has 1 aliphatic carbocycles. The highest BCUT2D eigenvalue weighted by atomic mass is 16.2. The molecule has 3 rings (SSSR count). The lowest BCUT2D eigenvalue weighted by Gasteiger charge is -2.17. The molecule has 124 valence electrons. The molecule has 1 aromatic carbocycles. The molecule has 1 aromatic heterocycles. The van der Waals surface area contributed by atoms with Gasteiger partial charge in [-0.05, 0) is 30.5 Å². The molecule has 0 unspecified atom stereocenters. The fraction of sp³-hybridized carbons (Fsp3) is 0.294. The van der Waals surface area contributed by atoms with Crippen LogP contribution in [0.3, 0.4) is 0 Å². The molecule has 3 N–H and O–H groups in total. The average molecular weight is 325 g/mol. The molecule has 1 aliphatic rings. The van der Waals surface area contributed by atoms with Crippen molar-refractivity contribution in [3.8, 4) is 0 Å². The van der Waals surface area contributed by atoms with Crippen LogP contribution >= 0.6 is 0 Å². The van der Waals surface area contributed by atoms with Crippen molar-refractivity contribution in [2.24, 2.45) is 0 Å². The monoisotopic (exact) mass is 325 g/mol. The largest absolute Gasteiger partial charge is 0.382 e. The van der Waals surface area contributed by atoms with Crippen LogP contribution in [0, 0.1) is 0 Å². The number of hydrogen-bond acceptors (Lipinski definition) is 5. The highest BCUT2D eigenvalue weighted by molar-refractivity contribution is 5.96. The SMILES string of the molecule is CN(Cc1ccc(C(=O)NC2CC2)cc1)C(=O)c1nccnc1N. The van der Waals surface area contributed by atoms with Crippen LogP contribution in [0.5, 0.6) is 0 Å². The molecule has 0 aliphatic heterocycles. The molecule has 7 heteroatoms. The minimum Gasteiger partial charge on any atom is -0.382 e. The molecule has 2 amide bonds. The Morgan fingerprint density at radius 2 is 1.88 bits per heavy atom. The van der Waals surface area contributed by atoms with E-state index in [-0.39, 0.29) is 23.3 Å². The summed E-state index contributed by atoms with van der Waals surface area (Å²) >= 11 is 0. The van der Waals surface area contributed by atoms with Crippen LogP contribution in [0.15, 0.2) is 36.7 Å². The second-order valence-electron chi connectivity index (χ2n) is 5.90. The second kappa shape index (κ2) is 6.66. The van der Waals surface area contributed by atoms with Gasteiger partial charge in [0.2, 0.25) is 0 Å². The minimum absolute atomic E-state index is 0.0548. The Hall–Kier alpha value is -2.96. The van der Waals surface area contributed by atoms with Gasteiger partial charge in [-0.1, -0.05) is 12.1 Å². The standard InChI is InChI=1S/C17H19N5O2/c1-22(17(24)14-15(18)20-9-8-19-14)10-11-2-4-12(5-3-11)16(23)21-13-6-7-13/h2-5,8-9,13H,6-7,10H2,1H3,(H2,18,20)(H,21,23). The van der Waals surface area contributed by atoms with Gasteiger partial charge in [-0.15, -0.1) is 0 Å². The smallest absolute Gasteiger partial charge is 0.276 e. The van der Waals surface area contributed by atoms with E-state index < -0.39 is 0 Å². The molecule has 0 bridgehead atoms. The third-order valence-corrected chi connectivity index (χ3v) is 3.82. The lowest BCUT2D eigenvalue weighted by molar-refractivity contribution is 0.0779. The maximum absolute atomic E-state index is 12.4. The molecule has 1 fully saturated rings. The lowest BCUT2D eigenvalue weighted by Crippen LogP contribution is -2.28. The summed E-state index contributed by atoms with van der Waals surface area (Å²) in [5.41, 5.74) is 7.36. The number of amides is 2. The third kappa shape index (κ3) is 3.68. The number of hydrogen-bond donors (Lipinski definition) is 2. The Labute approximate surface area is 139 Å². The molecular formula is C17H19N5O2. The summed E-state index contributed by atoms with van der Waals surface area (Å²) in [5.74, 6) is -0.238. The summed E-state index contributed by atoms with van der Waals surface area (Å²) in [6, 6.07) is 7.54. The summed E-state index contributed by atoms with van der Waals surface area (Å²) < 4.78 is 0. The molecule has 0 saturated heterocycles. The number of nitrogens with zero attached hydrogens (tertiary/aromatic N) is 3. The number of rotatable bonds is 5. The van der Waals surface area contributed by atoms with Gasteiger partial charge in [0.25, 0.3) is 11.8 Å². The van der Waals surface area contributed by atoms with Crippen molar-refractivity contribution in [3.05, 3.63) is 53.5 Å². The van der Waals surface area contributed by atoms with Crippen molar-refractivity contribution in [3.63, 3.8) is 0 Å². The number of carbonyl (C=O) groups is 2. The molecular weight excluding hydrogens is 306 g/mol. The van der Waals surface area contributed by atoms with Gasteiger partial charge in [0.15, 0.2) is 11.5 Å². The summed E-state index contributed by atoms with van der Waals surface area (Å²) in [7, 11) is 1.67. The second-order valence-corrected chi connectivity index (χ2v) is 5.90. The minimum atomic E-state index is -0.295. The molecule has 2 aromatic rings. The third-order valence-electron chi connectivity index (χ3n) is 3.82. The van der Waals surface area contributed by atoms with Crippen LogP contribution in [0.2, 0.25) is 0 Å². The first-order chi connectivity index (χ1) is 11.5. The fourth-order valence-corrected chi connectivity index (χ4v) is 2.30.